The van der Waals surface area contributed by atoms with Gasteiger partial charge in [-0.2, -0.15) is 0 Å². The average molecular weight is 652 g/mol. The van der Waals surface area contributed by atoms with Gasteiger partial charge in [0.1, 0.15) is 12.0 Å². The summed E-state index contributed by atoms with van der Waals surface area (Å²) in [6.45, 7) is -0.196. The van der Waals surface area contributed by atoms with Crippen LogP contribution in [0.25, 0.3) is 21.6 Å². The summed E-state index contributed by atoms with van der Waals surface area (Å²) in [4.78, 5) is 40.9. The van der Waals surface area contributed by atoms with E-state index in [1.54, 1.807) is 11.0 Å². The Labute approximate surface area is 263 Å². The van der Waals surface area contributed by atoms with E-state index in [1.807, 2.05) is 29.3 Å². The number of ether oxygens (including phenoxy) is 4. The number of pyridine rings is 1. The molecule has 2 aromatic heterocycles. The molecule has 0 spiro atoms. The first-order chi connectivity index (χ1) is 22.2. The van der Waals surface area contributed by atoms with Crippen molar-refractivity contribution in [2.45, 2.75) is 24.6 Å². The number of methoxy groups -OCH3 is 1. The minimum absolute atomic E-state index is 0.0820. The van der Waals surface area contributed by atoms with Crippen LogP contribution in [0.5, 0.6) is 5.75 Å². The molecule has 2 atom stereocenters. The van der Waals surface area contributed by atoms with Gasteiger partial charge in [0, 0.05) is 52.2 Å². The topological polar surface area (TPSA) is 99.5 Å². The van der Waals surface area contributed by atoms with E-state index in [9.17, 15) is 14.4 Å². The molecule has 4 aliphatic rings. The number of benzene rings is 2. The Balaban J connectivity index is 1.40. The SMILES string of the molecule is COC(=O)OCOc1c2n(ccc1=O)N([C@@H]1c3ccccc3-c3scc4c3-c3c1ccc(F)c3CC4(F)F)[C@@H]1COCCN1C2=O. The molecule has 14 heteroatoms. The van der Waals surface area contributed by atoms with Gasteiger partial charge in [-0.1, -0.05) is 30.3 Å². The fourth-order valence-electron chi connectivity index (χ4n) is 6.98. The zero-order valence-electron chi connectivity index (χ0n) is 24.1. The van der Waals surface area contributed by atoms with Crippen LogP contribution in [0.2, 0.25) is 0 Å². The van der Waals surface area contributed by atoms with E-state index >= 15 is 13.2 Å². The highest BCUT2D eigenvalue weighted by Gasteiger charge is 2.50. The predicted octanol–water partition coefficient (Wildman–Crippen LogP) is 5.00. The molecule has 1 amide bonds. The molecule has 0 unspecified atom stereocenters. The van der Waals surface area contributed by atoms with Crippen molar-refractivity contribution in [2.75, 3.05) is 38.7 Å². The maximum atomic E-state index is 15.6. The molecule has 2 aliphatic heterocycles. The van der Waals surface area contributed by atoms with Gasteiger partial charge in [0.2, 0.25) is 18.0 Å². The van der Waals surface area contributed by atoms with Crippen molar-refractivity contribution in [1.82, 2.24) is 9.58 Å². The maximum Gasteiger partial charge on any atom is 0.510 e. The van der Waals surface area contributed by atoms with Crippen LogP contribution in [0, 0.1) is 5.82 Å². The van der Waals surface area contributed by atoms with Crippen LogP contribution in [0.3, 0.4) is 0 Å². The van der Waals surface area contributed by atoms with Gasteiger partial charge in [-0.25, -0.2) is 18.0 Å². The molecule has 0 bridgehead atoms. The minimum atomic E-state index is -3.28. The Morgan fingerprint density at radius 3 is 2.76 bits per heavy atom. The second-order valence-corrected chi connectivity index (χ2v) is 12.1. The zero-order chi connectivity index (χ0) is 31.9. The molecular formula is C32H24F3N3O7S. The quantitative estimate of drug-likeness (QED) is 0.225. The van der Waals surface area contributed by atoms with Crippen LogP contribution >= 0.6 is 11.3 Å². The summed E-state index contributed by atoms with van der Waals surface area (Å²) in [5, 5.41) is 3.30. The number of halogens is 3. The molecule has 0 saturated carbocycles. The van der Waals surface area contributed by atoms with Gasteiger partial charge in [0.25, 0.3) is 11.8 Å². The van der Waals surface area contributed by atoms with Gasteiger partial charge < -0.3 is 23.8 Å². The number of fused-ring (bicyclic) bond motifs is 4. The molecular weight excluding hydrogens is 627 g/mol. The van der Waals surface area contributed by atoms with Crippen molar-refractivity contribution in [3.63, 3.8) is 0 Å². The van der Waals surface area contributed by atoms with Crippen molar-refractivity contribution in [3.05, 3.63) is 98.0 Å². The number of amides is 1. The number of carbonyl (C=O) groups excluding carboxylic acids is 2. The summed E-state index contributed by atoms with van der Waals surface area (Å²) in [7, 11) is 1.11. The van der Waals surface area contributed by atoms with E-state index in [2.05, 4.69) is 4.74 Å². The number of hydrogen-bond donors (Lipinski definition) is 0. The molecule has 0 N–H and O–H groups in total. The van der Waals surface area contributed by atoms with Crippen LogP contribution in [0.1, 0.15) is 38.8 Å². The van der Waals surface area contributed by atoms with Crippen LogP contribution in [0.15, 0.2) is 58.8 Å². The Bertz CT molecular complexity index is 2010. The summed E-state index contributed by atoms with van der Waals surface area (Å²) >= 11 is 1.18. The highest BCUT2D eigenvalue weighted by molar-refractivity contribution is 7.14. The first-order valence-corrected chi connectivity index (χ1v) is 15.3. The number of morpholine rings is 1. The molecule has 236 valence electrons. The van der Waals surface area contributed by atoms with E-state index in [0.717, 1.165) is 12.7 Å². The van der Waals surface area contributed by atoms with Crippen molar-refractivity contribution in [1.29, 1.82) is 0 Å². The van der Waals surface area contributed by atoms with Crippen LogP contribution < -0.4 is 15.2 Å². The van der Waals surface area contributed by atoms with Crippen LogP contribution in [0.4, 0.5) is 18.0 Å². The lowest BCUT2D eigenvalue weighted by atomic mass is 9.80. The molecule has 10 nitrogen and oxygen atoms in total. The van der Waals surface area contributed by atoms with Gasteiger partial charge in [-0.15, -0.1) is 11.3 Å². The van der Waals surface area contributed by atoms with Gasteiger partial charge in [0.15, 0.2) is 5.69 Å². The Morgan fingerprint density at radius 2 is 1.93 bits per heavy atom. The summed E-state index contributed by atoms with van der Waals surface area (Å²) < 4.78 is 68.9. The lowest BCUT2D eigenvalue weighted by Gasteiger charge is -2.51. The smallest absolute Gasteiger partial charge is 0.451 e. The molecule has 2 aliphatic carbocycles. The normalized spacial score (nSPS) is 20.1. The van der Waals surface area contributed by atoms with Gasteiger partial charge in [-0.3, -0.25) is 19.3 Å². The van der Waals surface area contributed by atoms with E-state index in [0.29, 0.717) is 27.1 Å². The monoisotopic (exact) mass is 651 g/mol. The van der Waals surface area contributed by atoms with Crippen LogP contribution in [-0.2, 0) is 26.6 Å². The van der Waals surface area contributed by atoms with E-state index in [4.69, 9.17) is 14.2 Å². The molecule has 2 aromatic carbocycles. The number of rotatable bonds is 4. The number of hydrogen-bond acceptors (Lipinski definition) is 9. The first kappa shape index (κ1) is 28.6. The number of aromatic nitrogens is 1. The fourth-order valence-corrected chi connectivity index (χ4v) is 8.15. The molecule has 1 saturated heterocycles. The second kappa shape index (κ2) is 10.4. The van der Waals surface area contributed by atoms with Gasteiger partial charge in [-0.05, 0) is 28.3 Å². The van der Waals surface area contributed by atoms with Gasteiger partial charge in [0.05, 0.1) is 26.4 Å². The third-order valence-electron chi connectivity index (χ3n) is 8.88. The molecule has 1 fully saturated rings. The van der Waals surface area contributed by atoms with E-state index in [1.165, 1.54) is 39.7 Å². The minimum Gasteiger partial charge on any atom is -0.451 e. The number of nitrogens with zero attached hydrogens (tertiary/aromatic N) is 3. The molecule has 46 heavy (non-hydrogen) atoms. The summed E-state index contributed by atoms with van der Waals surface area (Å²) in [6.07, 6.45) is -1.12. The maximum absolute atomic E-state index is 15.6. The first-order valence-electron chi connectivity index (χ1n) is 14.4. The number of thiophene rings is 1. The summed E-state index contributed by atoms with van der Waals surface area (Å²) in [6, 6.07) is 10.6. The van der Waals surface area contributed by atoms with E-state index < -0.39 is 54.7 Å². The fraction of sp³-hybridized carbons (Fsp3) is 0.281. The Kier molecular flexibility index (Phi) is 6.45. The van der Waals surface area contributed by atoms with Crippen molar-refractivity contribution >= 4 is 23.4 Å². The number of carbonyl (C=O) groups is 2. The third-order valence-corrected chi connectivity index (χ3v) is 9.90. The molecule has 4 heterocycles. The summed E-state index contributed by atoms with van der Waals surface area (Å²) in [5.74, 6) is -4.87. The predicted molar refractivity (Wildman–Crippen MR) is 158 cm³/mol. The molecule has 0 radical (unpaired) electrons. The van der Waals surface area contributed by atoms with Crippen molar-refractivity contribution < 1.29 is 41.7 Å². The zero-order valence-corrected chi connectivity index (χ0v) is 24.9. The van der Waals surface area contributed by atoms with Crippen molar-refractivity contribution in [2.24, 2.45) is 0 Å². The lowest BCUT2D eigenvalue weighted by molar-refractivity contribution is -0.0208. The van der Waals surface area contributed by atoms with Crippen molar-refractivity contribution in [3.8, 4) is 27.3 Å². The lowest BCUT2D eigenvalue weighted by Crippen LogP contribution is -2.66. The molecule has 4 aromatic rings. The standard InChI is InChI=1S/C32H24F3N3O7S/c1-42-31(41)45-15-44-28-22(39)8-9-37-27(28)30(40)36-10-11-43-13-23(36)38(37)26-16-4-2-3-5-17(16)29-25-20(14-46-29)32(34,35)12-19-21(33)7-6-18(26)24(19)25/h2-9,14,23,26H,10-13,15H2,1H3/t23-,26-/m1/s1. The average Bonchev–Trinajstić information content (AvgIpc) is 3.47. The third kappa shape index (κ3) is 4.02. The van der Waals surface area contributed by atoms with Crippen LogP contribution in [-0.4, -0.2) is 61.5 Å². The number of alkyl halides is 2. The molecule has 8 rings (SSSR count). The summed E-state index contributed by atoms with van der Waals surface area (Å²) in [5.41, 5.74) is 1.67. The van der Waals surface area contributed by atoms with Gasteiger partial charge >= 0.3 is 6.16 Å². The second-order valence-electron chi connectivity index (χ2n) is 11.2. The van der Waals surface area contributed by atoms with E-state index in [-0.39, 0.29) is 42.3 Å². The largest absolute Gasteiger partial charge is 0.510 e. The highest BCUT2D eigenvalue weighted by Crippen LogP contribution is 2.58. The highest BCUT2D eigenvalue weighted by atomic mass is 32.1. The Hall–Kier alpha value is -4.82. The Morgan fingerprint density at radius 1 is 1.11 bits per heavy atom.